The highest BCUT2D eigenvalue weighted by molar-refractivity contribution is 7.90. The fraction of sp³-hybridized carbons (Fsp3) is 0. The quantitative estimate of drug-likeness (QED) is 0.553. The van der Waals surface area contributed by atoms with Crippen molar-refractivity contribution in [1.82, 2.24) is 8.96 Å². The van der Waals surface area contributed by atoms with Gasteiger partial charge in [0.05, 0.1) is 21.5 Å². The molecule has 0 aliphatic heterocycles. The van der Waals surface area contributed by atoms with Crippen molar-refractivity contribution >= 4 is 20.9 Å². The van der Waals surface area contributed by atoms with Crippen molar-refractivity contribution in [2.24, 2.45) is 0 Å². The standard InChI is InChI=1S/C20H14N2O5S/c23-14-10-17-20(18(24)11-14)19(25)12-16(13-4-2-1-3-5-13)22(17)28(26,27)15-6-8-21-9-7-15/h1-12,23-24H. The number of pyridine rings is 2. The number of phenolic OH excluding ortho intramolecular Hbond substituents is 2. The maximum Gasteiger partial charge on any atom is 0.268 e. The Morgan fingerprint density at radius 1 is 0.893 bits per heavy atom. The molecule has 8 heteroatoms. The molecule has 140 valence electrons. The highest BCUT2D eigenvalue weighted by Crippen LogP contribution is 2.33. The van der Waals surface area contributed by atoms with Gasteiger partial charge in [0.15, 0.2) is 5.43 Å². The molecular formula is C20H14N2O5S. The van der Waals surface area contributed by atoms with Crippen LogP contribution in [0.5, 0.6) is 11.5 Å². The van der Waals surface area contributed by atoms with Crippen LogP contribution in [0.15, 0.2) is 82.7 Å². The van der Waals surface area contributed by atoms with Crippen molar-refractivity contribution in [2.45, 2.75) is 4.90 Å². The number of aromatic hydroxyl groups is 2. The highest BCUT2D eigenvalue weighted by Gasteiger charge is 2.25. The molecule has 0 spiro atoms. The predicted octanol–water partition coefficient (Wildman–Crippen LogP) is 2.71. The van der Waals surface area contributed by atoms with E-state index in [2.05, 4.69) is 4.98 Å². The summed E-state index contributed by atoms with van der Waals surface area (Å²) in [6.07, 6.45) is 2.68. The van der Waals surface area contributed by atoms with Gasteiger partial charge in [-0.1, -0.05) is 30.3 Å². The second-order valence-electron chi connectivity index (χ2n) is 6.07. The smallest absolute Gasteiger partial charge is 0.268 e. The Hall–Kier alpha value is -3.65. The van der Waals surface area contributed by atoms with Crippen molar-refractivity contribution in [3.63, 3.8) is 0 Å². The average molecular weight is 394 g/mol. The lowest BCUT2D eigenvalue weighted by atomic mass is 10.1. The average Bonchev–Trinajstić information content (AvgIpc) is 2.68. The summed E-state index contributed by atoms with van der Waals surface area (Å²) >= 11 is 0. The molecule has 0 aliphatic carbocycles. The normalized spacial score (nSPS) is 11.6. The number of nitrogens with zero attached hydrogens (tertiary/aromatic N) is 2. The minimum Gasteiger partial charge on any atom is -0.508 e. The molecule has 7 nitrogen and oxygen atoms in total. The second-order valence-corrected chi connectivity index (χ2v) is 7.86. The number of rotatable bonds is 3. The minimum atomic E-state index is -4.18. The number of phenols is 2. The number of aromatic nitrogens is 2. The Labute approximate surface area is 159 Å². The van der Waals surface area contributed by atoms with Crippen LogP contribution in [0.25, 0.3) is 22.2 Å². The highest BCUT2D eigenvalue weighted by atomic mass is 32.2. The third-order valence-corrected chi connectivity index (χ3v) is 6.03. The Bertz CT molecular complexity index is 1350. The summed E-state index contributed by atoms with van der Waals surface area (Å²) in [5.41, 5.74) is -0.0879. The molecule has 0 amide bonds. The van der Waals surface area contributed by atoms with Gasteiger partial charge >= 0.3 is 0 Å². The summed E-state index contributed by atoms with van der Waals surface area (Å²) in [4.78, 5) is 16.4. The molecule has 28 heavy (non-hydrogen) atoms. The first-order chi connectivity index (χ1) is 13.4. The maximum atomic E-state index is 13.4. The molecule has 2 aromatic carbocycles. The summed E-state index contributed by atoms with van der Waals surface area (Å²) < 4.78 is 27.8. The molecule has 0 aliphatic rings. The van der Waals surface area contributed by atoms with Gasteiger partial charge in [-0.2, -0.15) is 0 Å². The lowest BCUT2D eigenvalue weighted by Gasteiger charge is -2.18. The van der Waals surface area contributed by atoms with E-state index in [1.165, 1.54) is 24.5 Å². The summed E-state index contributed by atoms with van der Waals surface area (Å²) in [5.74, 6) is -0.869. The first-order valence-corrected chi connectivity index (χ1v) is 9.66. The molecule has 4 aromatic rings. The van der Waals surface area contributed by atoms with Gasteiger partial charge in [-0.25, -0.2) is 12.4 Å². The molecule has 0 bridgehead atoms. The third-order valence-electron chi connectivity index (χ3n) is 4.29. The van der Waals surface area contributed by atoms with Crippen LogP contribution >= 0.6 is 0 Å². The summed E-state index contributed by atoms with van der Waals surface area (Å²) in [6, 6.07) is 14.5. The molecule has 2 heterocycles. The van der Waals surface area contributed by atoms with Crippen molar-refractivity contribution in [3.05, 3.63) is 83.3 Å². The Morgan fingerprint density at radius 2 is 1.57 bits per heavy atom. The van der Waals surface area contributed by atoms with Gasteiger partial charge < -0.3 is 10.2 Å². The van der Waals surface area contributed by atoms with Gasteiger partial charge in [0, 0.05) is 30.6 Å². The van der Waals surface area contributed by atoms with E-state index >= 15 is 0 Å². The summed E-state index contributed by atoms with van der Waals surface area (Å²) in [5, 5.41) is 19.9. The number of benzene rings is 2. The van der Waals surface area contributed by atoms with Crippen molar-refractivity contribution in [1.29, 1.82) is 0 Å². The lowest BCUT2D eigenvalue weighted by Crippen LogP contribution is -2.20. The Kier molecular flexibility index (Phi) is 4.12. The largest absolute Gasteiger partial charge is 0.508 e. The SMILES string of the molecule is O=c1cc(-c2ccccc2)n(S(=O)(=O)c2ccncc2)c2cc(O)cc(O)c12. The number of fused-ring (bicyclic) bond motifs is 1. The molecule has 2 N–H and O–H groups in total. The molecule has 0 atom stereocenters. The zero-order valence-corrected chi connectivity index (χ0v) is 15.2. The maximum absolute atomic E-state index is 13.4. The first kappa shape index (κ1) is 17.7. The third kappa shape index (κ3) is 2.80. The topological polar surface area (TPSA) is 109 Å². The van der Waals surface area contributed by atoms with Crippen LogP contribution in [0.3, 0.4) is 0 Å². The zero-order chi connectivity index (χ0) is 19.9. The van der Waals surface area contributed by atoms with Crippen molar-refractivity contribution < 1.29 is 18.6 Å². The van der Waals surface area contributed by atoms with Crippen molar-refractivity contribution in [3.8, 4) is 22.8 Å². The van der Waals surface area contributed by atoms with Crippen LogP contribution in [-0.2, 0) is 10.0 Å². The van der Waals surface area contributed by atoms with E-state index in [0.29, 0.717) is 5.56 Å². The predicted molar refractivity (Wildman–Crippen MR) is 104 cm³/mol. The van der Waals surface area contributed by atoms with Gasteiger partial charge in [-0.05, 0) is 17.7 Å². The minimum absolute atomic E-state index is 0.0486. The molecule has 0 saturated carbocycles. The van der Waals surface area contributed by atoms with E-state index in [4.69, 9.17) is 0 Å². The van der Waals surface area contributed by atoms with Crippen LogP contribution in [0.4, 0.5) is 0 Å². The molecule has 0 fully saturated rings. The number of hydrogen-bond donors (Lipinski definition) is 2. The molecule has 0 saturated heterocycles. The van der Waals surface area contributed by atoms with Crippen molar-refractivity contribution in [2.75, 3.05) is 0 Å². The molecule has 4 rings (SSSR count). The van der Waals surface area contributed by atoms with E-state index in [1.807, 2.05) is 0 Å². The van der Waals surface area contributed by atoms with E-state index in [1.54, 1.807) is 30.3 Å². The first-order valence-electron chi connectivity index (χ1n) is 8.22. The Morgan fingerprint density at radius 3 is 2.25 bits per heavy atom. The lowest BCUT2D eigenvalue weighted by molar-refractivity contribution is 0.454. The molecular weight excluding hydrogens is 380 g/mol. The van der Waals surface area contributed by atoms with Crippen LogP contribution in [0.2, 0.25) is 0 Å². The van der Waals surface area contributed by atoms with Crippen LogP contribution in [-0.4, -0.2) is 27.6 Å². The zero-order valence-electron chi connectivity index (χ0n) is 14.4. The van der Waals surface area contributed by atoms with Crippen LogP contribution < -0.4 is 5.43 Å². The van der Waals surface area contributed by atoms with Gasteiger partial charge in [-0.3, -0.25) is 9.78 Å². The van der Waals surface area contributed by atoms with E-state index < -0.39 is 21.2 Å². The van der Waals surface area contributed by atoms with Gasteiger partial charge in [0.25, 0.3) is 10.0 Å². The van der Waals surface area contributed by atoms with Gasteiger partial charge in [0.1, 0.15) is 11.5 Å². The van der Waals surface area contributed by atoms with Gasteiger partial charge in [-0.15, -0.1) is 0 Å². The number of hydrogen-bond acceptors (Lipinski definition) is 6. The molecule has 0 unspecified atom stereocenters. The van der Waals surface area contributed by atoms with Crippen LogP contribution in [0, 0.1) is 0 Å². The second kappa shape index (κ2) is 6.50. The molecule has 2 aromatic heterocycles. The van der Waals surface area contributed by atoms with E-state index in [9.17, 15) is 23.4 Å². The van der Waals surface area contributed by atoms with Gasteiger partial charge in [0.2, 0.25) is 0 Å². The van der Waals surface area contributed by atoms with Crippen LogP contribution in [0.1, 0.15) is 0 Å². The summed E-state index contributed by atoms with van der Waals surface area (Å²) in [6.45, 7) is 0. The fourth-order valence-electron chi connectivity index (χ4n) is 3.08. The summed E-state index contributed by atoms with van der Waals surface area (Å²) in [7, 11) is -4.18. The van der Waals surface area contributed by atoms with E-state index in [0.717, 1.165) is 22.2 Å². The molecule has 0 radical (unpaired) electrons. The monoisotopic (exact) mass is 394 g/mol. The van der Waals surface area contributed by atoms with E-state index in [-0.39, 0.29) is 27.2 Å². The fourth-order valence-corrected chi connectivity index (χ4v) is 4.58. The Balaban J connectivity index is 2.22.